The van der Waals surface area contributed by atoms with E-state index in [2.05, 4.69) is 31.8 Å². The minimum absolute atomic E-state index is 0. The van der Waals surface area contributed by atoms with Crippen molar-refractivity contribution in [1.29, 1.82) is 0 Å². The Morgan fingerprint density at radius 2 is 1.42 bits per heavy atom. The van der Waals surface area contributed by atoms with Gasteiger partial charge in [-0.3, -0.25) is 9.55 Å². The Hall–Kier alpha value is -5.57. The number of nitrogens with zero attached hydrogens (tertiary/aromatic N) is 3. The Kier molecular flexibility index (Phi) is 8.09. The third kappa shape index (κ3) is 8.08. The first-order valence-electron chi connectivity index (χ1n) is 25.2. The van der Waals surface area contributed by atoms with E-state index in [1.807, 2.05) is 54.6 Å². The molecule has 0 radical (unpaired) electrons. The molecule has 0 aliphatic rings. The van der Waals surface area contributed by atoms with Gasteiger partial charge < -0.3 is 5.11 Å². The number of rotatable bonds is 8. The molecule has 0 saturated heterocycles. The van der Waals surface area contributed by atoms with Crippen LogP contribution in [0.15, 0.2) is 133 Å². The summed E-state index contributed by atoms with van der Waals surface area (Å²) in [5, 5.41) is 11.4. The summed E-state index contributed by atoms with van der Waals surface area (Å²) in [6, 6.07) is 31.3. The zero-order valence-corrected chi connectivity index (χ0v) is 36.3. The number of hydrogen-bond acceptors (Lipinski definition) is 3. The topological polar surface area (TPSA) is 50.9 Å². The van der Waals surface area contributed by atoms with Crippen molar-refractivity contribution >= 4 is 11.0 Å². The summed E-state index contributed by atoms with van der Waals surface area (Å²) in [7, 11) is 0. The largest absolute Gasteiger partial charge is 0.507 e. The van der Waals surface area contributed by atoms with Crippen LogP contribution in [0.3, 0.4) is 0 Å². The molecule has 2 aromatic heterocycles. The van der Waals surface area contributed by atoms with Crippen LogP contribution in [-0.2, 0) is 26.5 Å². The number of aryl methyl sites for hydroxylation is 1. The van der Waals surface area contributed by atoms with E-state index < -0.39 is 60.6 Å². The van der Waals surface area contributed by atoms with E-state index in [-0.39, 0.29) is 49.5 Å². The predicted molar refractivity (Wildman–Crippen MR) is 243 cm³/mol. The van der Waals surface area contributed by atoms with Gasteiger partial charge in [-0.1, -0.05) is 144 Å². The van der Waals surface area contributed by atoms with Crippen LogP contribution in [-0.4, -0.2) is 19.6 Å². The zero-order chi connectivity index (χ0) is 51.2. The van der Waals surface area contributed by atoms with Gasteiger partial charge in [0, 0.05) is 43.9 Å². The predicted octanol–water partition coefficient (Wildman–Crippen LogP) is 14.4. The van der Waals surface area contributed by atoms with Gasteiger partial charge in [-0.05, 0) is 106 Å². The Labute approximate surface area is 381 Å². The van der Waals surface area contributed by atoms with Crippen molar-refractivity contribution in [2.75, 3.05) is 0 Å². The maximum Gasteiger partial charge on any atom is 0.148 e. The monoisotopic (exact) mass is 965 g/mol. The number of pyridine rings is 1. The number of phenolic OH excluding ortho intramolecular Hbond substituents is 1. The quantitative estimate of drug-likeness (QED) is 0.154. The Morgan fingerprint density at radius 1 is 0.729 bits per heavy atom. The number of imidazole rings is 1. The van der Waals surface area contributed by atoms with Gasteiger partial charge in [-0.2, -0.15) is 0 Å². The molecular weight excluding hydrogens is 902 g/mol. The van der Waals surface area contributed by atoms with Crippen LogP contribution in [0.4, 0.5) is 0 Å². The zero-order valence-electron chi connectivity index (χ0n) is 46.0. The van der Waals surface area contributed by atoms with Crippen LogP contribution in [0.5, 0.6) is 5.75 Å². The van der Waals surface area contributed by atoms with E-state index >= 15 is 0 Å². The molecule has 0 unspecified atom stereocenters. The molecule has 4 nitrogen and oxygen atoms in total. The molecule has 0 aliphatic carbocycles. The van der Waals surface area contributed by atoms with E-state index in [9.17, 15) is 5.11 Å². The number of para-hydroxylation sites is 2. The maximum atomic E-state index is 11.4. The number of aromatic hydroxyl groups is 1. The summed E-state index contributed by atoms with van der Waals surface area (Å²) < 4.78 is 105. The summed E-state index contributed by atoms with van der Waals surface area (Å²) in [6.07, 6.45) is 1.49. The van der Waals surface area contributed by atoms with Gasteiger partial charge in [0.2, 0.25) is 0 Å². The molecule has 0 fully saturated rings. The first-order valence-corrected chi connectivity index (χ1v) is 19.2. The second kappa shape index (κ2) is 16.6. The smallest absolute Gasteiger partial charge is 0.148 e. The minimum atomic E-state index is -2.86. The molecule has 8 rings (SSSR count). The van der Waals surface area contributed by atoms with E-state index in [1.54, 1.807) is 74.7 Å². The molecule has 1 N–H and O–H groups in total. The van der Waals surface area contributed by atoms with E-state index in [0.29, 0.717) is 66.8 Å². The molecule has 6 aromatic carbocycles. The van der Waals surface area contributed by atoms with Gasteiger partial charge in [0.1, 0.15) is 11.6 Å². The summed E-state index contributed by atoms with van der Waals surface area (Å²) in [5.41, 5.74) is 6.26. The van der Waals surface area contributed by atoms with E-state index in [1.165, 1.54) is 12.3 Å². The van der Waals surface area contributed by atoms with Crippen molar-refractivity contribution in [3.05, 3.63) is 167 Å². The van der Waals surface area contributed by atoms with Crippen molar-refractivity contribution in [3.63, 3.8) is 0 Å². The summed E-state index contributed by atoms with van der Waals surface area (Å²) >= 11 is 0. The molecule has 0 aliphatic heterocycles. The number of phenols is 1. The third-order valence-electron chi connectivity index (χ3n) is 10.5. The number of aromatic nitrogens is 3. The van der Waals surface area contributed by atoms with Crippen LogP contribution < -0.4 is 0 Å². The number of benzene rings is 6. The summed E-state index contributed by atoms with van der Waals surface area (Å²) in [6.45, 7) is 7.69. The molecular formula is C54H52N3OPt-. The van der Waals surface area contributed by atoms with Gasteiger partial charge >= 0.3 is 0 Å². The molecule has 8 aromatic rings. The average Bonchev–Trinajstić information content (AvgIpc) is 3.66. The van der Waals surface area contributed by atoms with Crippen LogP contribution in [0.2, 0.25) is 0 Å². The molecule has 0 bridgehead atoms. The number of fused-ring (bicyclic) bond motifs is 1. The van der Waals surface area contributed by atoms with Crippen LogP contribution in [0, 0.1) is 19.8 Å². The molecule has 300 valence electrons. The van der Waals surface area contributed by atoms with E-state index in [0.717, 1.165) is 5.56 Å². The van der Waals surface area contributed by atoms with Crippen molar-refractivity contribution < 1.29 is 42.6 Å². The Morgan fingerprint density at radius 3 is 2.10 bits per heavy atom. The first-order chi connectivity index (χ1) is 32.5. The standard InChI is InChI=1S/C54H52N3O.Pt/c1-33(2)43-15-12-16-44(34(3)4)51(43)39-24-25-48(36(6)28-39)57-49-18-13-17-45(52(49)56-53(57)46-14-10-11-19-50(46)58)40-29-41(31-42(30-40)54(7,8)9)47-32-38(26-27-55-47)37-22-20-35(5)21-23-37;/h10-28,30-34,58H,1-9H3;/q-1;/i5D3,6D3,20D,21D,22D,23D,33D,34D;. The fraction of sp³-hybridized carbons (Fsp3) is 0.222. The van der Waals surface area contributed by atoms with E-state index in [4.69, 9.17) is 21.4 Å². The second-order valence-electron chi connectivity index (χ2n) is 16.0. The van der Waals surface area contributed by atoms with Crippen LogP contribution in [0.25, 0.3) is 72.7 Å². The van der Waals surface area contributed by atoms with Gasteiger partial charge in [-0.25, -0.2) is 4.98 Å². The van der Waals surface area contributed by atoms with Gasteiger partial charge in [0.15, 0.2) is 0 Å². The molecule has 0 spiro atoms. The van der Waals surface area contributed by atoms with Crippen LogP contribution >= 0.6 is 0 Å². The number of hydrogen-bond donors (Lipinski definition) is 1. The average molecular weight is 966 g/mol. The molecule has 0 amide bonds. The maximum absolute atomic E-state index is 11.4. The molecule has 2 heterocycles. The molecule has 5 heteroatoms. The van der Waals surface area contributed by atoms with Crippen molar-refractivity contribution in [1.82, 2.24) is 14.5 Å². The van der Waals surface area contributed by atoms with Gasteiger partial charge in [-0.15, -0.1) is 29.3 Å². The third-order valence-corrected chi connectivity index (χ3v) is 10.5. The molecule has 59 heavy (non-hydrogen) atoms. The van der Waals surface area contributed by atoms with Crippen molar-refractivity contribution in [2.24, 2.45) is 0 Å². The van der Waals surface area contributed by atoms with Gasteiger partial charge in [0.25, 0.3) is 0 Å². The fourth-order valence-corrected chi connectivity index (χ4v) is 7.46. The second-order valence-corrected chi connectivity index (χ2v) is 16.0. The normalized spacial score (nSPS) is 15.4. The van der Waals surface area contributed by atoms with Crippen molar-refractivity contribution in [2.45, 2.75) is 79.4 Å². The fourth-order valence-electron chi connectivity index (χ4n) is 7.46. The van der Waals surface area contributed by atoms with Crippen LogP contribution in [0.1, 0.15) is 105 Å². The Bertz CT molecular complexity index is 3310. The Balaban J connectivity index is 0.00000741. The SMILES string of the molecule is [2H]c1c([2H])c(C([2H])([2H])[2H])c([2H])c([2H])c1-c1ccnc(-c2[c-]c(-c3cccc4c3nc(-c3ccccc3O)n4-c3ccc(-c4c(C([2H])(C)C)cccc4C([2H])(C)C)cc3C([2H])([2H])[2H])cc(C(C)(C)C)c2)c1.[Pt]. The summed E-state index contributed by atoms with van der Waals surface area (Å²) in [5.74, 6) is -1.99. The van der Waals surface area contributed by atoms with Gasteiger partial charge in [0.05, 0.1) is 27.8 Å². The summed E-state index contributed by atoms with van der Waals surface area (Å²) in [4.78, 5) is 9.88. The first kappa shape index (κ1) is 28.8. The van der Waals surface area contributed by atoms with Crippen molar-refractivity contribution in [3.8, 4) is 67.5 Å². The molecule has 0 atom stereocenters. The molecule has 0 saturated carbocycles. The minimum Gasteiger partial charge on any atom is -0.507 e.